The van der Waals surface area contributed by atoms with Crippen molar-refractivity contribution in [2.75, 3.05) is 44.8 Å². The Kier molecular flexibility index (Phi) is 12.7. The number of carbonyl (C=O) groups excluding carboxylic acids is 1. The molecule has 1 aliphatic rings. The van der Waals surface area contributed by atoms with Gasteiger partial charge in [-0.3, -0.25) is 4.98 Å². The quantitative estimate of drug-likeness (QED) is 0.117. The van der Waals surface area contributed by atoms with Crippen LogP contribution in [0, 0.1) is 0 Å². The molecule has 0 bridgehead atoms. The number of ether oxygens (including phenoxy) is 2. The van der Waals surface area contributed by atoms with E-state index < -0.39 is 38.4 Å². The highest BCUT2D eigenvalue weighted by Gasteiger charge is 2.52. The Hall–Kier alpha value is -4.88. The predicted molar refractivity (Wildman–Crippen MR) is 237 cm³/mol. The van der Waals surface area contributed by atoms with Crippen LogP contribution in [-0.2, 0) is 26.9 Å². The van der Waals surface area contributed by atoms with Crippen molar-refractivity contribution in [2.24, 2.45) is 0 Å². The molecule has 1 saturated heterocycles. The van der Waals surface area contributed by atoms with Crippen LogP contribution in [0.15, 0.2) is 126 Å². The van der Waals surface area contributed by atoms with E-state index in [1.165, 1.54) is 0 Å². The lowest BCUT2D eigenvalue weighted by atomic mass is 9.97. The minimum atomic E-state index is -3.26. The van der Waals surface area contributed by atoms with E-state index in [-0.39, 0.29) is 12.7 Å². The molecule has 1 amide bonds. The Morgan fingerprint density at radius 1 is 0.881 bits per heavy atom. The predicted octanol–water partition coefficient (Wildman–Crippen LogP) is 9.91. The number of H-pyrrole nitrogens is 1. The molecule has 8 nitrogen and oxygen atoms in total. The molecule has 1 N–H and O–H groups in total. The summed E-state index contributed by atoms with van der Waals surface area (Å²) in [7, 11) is -1.64. The Morgan fingerprint density at radius 3 is 2.08 bits per heavy atom. The van der Waals surface area contributed by atoms with Gasteiger partial charge in [0, 0.05) is 60.6 Å². The first-order valence-electron chi connectivity index (χ1n) is 20.0. The number of fused-ring (bicyclic) bond motifs is 1. The first-order chi connectivity index (χ1) is 28.3. The van der Waals surface area contributed by atoms with Crippen molar-refractivity contribution in [3.63, 3.8) is 0 Å². The van der Waals surface area contributed by atoms with Crippen LogP contribution in [0.4, 0.5) is 19.3 Å². The van der Waals surface area contributed by atoms with E-state index in [1.54, 1.807) is 18.2 Å². The van der Waals surface area contributed by atoms with Crippen LogP contribution in [0.25, 0.3) is 22.2 Å². The number of halogens is 3. The molecule has 59 heavy (non-hydrogen) atoms. The van der Waals surface area contributed by atoms with Crippen molar-refractivity contribution in [3.8, 4) is 11.3 Å². The minimum absolute atomic E-state index is 0.209. The average Bonchev–Trinajstić information content (AvgIpc) is 3.59. The fourth-order valence-corrected chi connectivity index (χ4v) is 13.1. The van der Waals surface area contributed by atoms with Gasteiger partial charge in [-0.15, -0.1) is 0 Å². The lowest BCUT2D eigenvalue weighted by molar-refractivity contribution is -0.0427. The number of carbonyl (C=O) groups is 1. The average molecular weight is 882 g/mol. The van der Waals surface area contributed by atoms with Crippen LogP contribution in [0.1, 0.15) is 50.6 Å². The van der Waals surface area contributed by atoms with Crippen molar-refractivity contribution >= 4 is 57.3 Å². The van der Waals surface area contributed by atoms with E-state index in [2.05, 4.69) is 46.6 Å². The summed E-state index contributed by atoms with van der Waals surface area (Å²) in [6.07, 6.45) is 0.431. The molecule has 0 saturated carbocycles. The zero-order valence-corrected chi connectivity index (χ0v) is 36.8. The van der Waals surface area contributed by atoms with Gasteiger partial charge in [0.2, 0.25) is 0 Å². The third-order valence-electron chi connectivity index (χ3n) is 11.2. The fraction of sp³-hybridized carbons (Fsp3) is 0.319. The first-order valence-corrected chi connectivity index (χ1v) is 22.7. The van der Waals surface area contributed by atoms with Gasteiger partial charge in [-0.05, 0) is 57.7 Å². The maximum Gasteiger partial charge on any atom is 0.410 e. The van der Waals surface area contributed by atoms with E-state index >= 15 is 8.78 Å². The molecule has 4 aromatic carbocycles. The SMILES string of the molecule is CO[C@@H](C)c1ncc(N2CCN(C(=O)OCc3ccccc3)CC2)cc1-c1[nH]c2ccc(Br)cc2c1CC(F)(F)CO[Si](c1ccccc1)(c1ccccc1)C(C)(C)C. The van der Waals surface area contributed by atoms with Crippen LogP contribution in [0.3, 0.4) is 0 Å². The lowest BCUT2D eigenvalue weighted by Crippen LogP contribution is -2.67. The molecule has 308 valence electrons. The Bertz CT molecular complexity index is 2310. The van der Waals surface area contributed by atoms with Crippen molar-refractivity contribution < 1.29 is 27.5 Å². The van der Waals surface area contributed by atoms with Gasteiger partial charge >= 0.3 is 6.09 Å². The number of piperazine rings is 1. The molecular weight excluding hydrogens is 831 g/mol. The number of rotatable bonds is 13. The van der Waals surface area contributed by atoms with Crippen LogP contribution < -0.4 is 15.3 Å². The van der Waals surface area contributed by atoms with Gasteiger partial charge in [-0.2, -0.15) is 0 Å². The van der Waals surface area contributed by atoms with Gasteiger partial charge in [0.05, 0.1) is 36.0 Å². The highest BCUT2D eigenvalue weighted by Crippen LogP contribution is 2.42. The number of alkyl halides is 2. The largest absolute Gasteiger partial charge is 0.445 e. The minimum Gasteiger partial charge on any atom is -0.445 e. The number of amides is 1. The number of anilines is 1. The molecule has 0 spiro atoms. The molecular formula is C47H51BrF2N4O4Si. The third-order valence-corrected chi connectivity index (χ3v) is 16.7. The smallest absolute Gasteiger partial charge is 0.410 e. The summed E-state index contributed by atoms with van der Waals surface area (Å²) in [5.74, 6) is -3.26. The van der Waals surface area contributed by atoms with Crippen LogP contribution in [0.5, 0.6) is 0 Å². The number of methoxy groups -OCH3 is 1. The van der Waals surface area contributed by atoms with Gasteiger partial charge in [0.1, 0.15) is 6.61 Å². The number of nitrogens with one attached hydrogen (secondary N) is 1. The van der Waals surface area contributed by atoms with Crippen molar-refractivity contribution in [3.05, 3.63) is 143 Å². The second-order valence-electron chi connectivity index (χ2n) is 16.2. The van der Waals surface area contributed by atoms with Crippen LogP contribution in [-0.4, -0.2) is 75.1 Å². The number of hydrogen-bond donors (Lipinski definition) is 1. The first kappa shape index (κ1) is 42.2. The fourth-order valence-electron chi connectivity index (χ4n) is 8.15. The zero-order valence-electron chi connectivity index (χ0n) is 34.2. The number of aromatic nitrogens is 2. The molecule has 0 aliphatic carbocycles. The van der Waals surface area contributed by atoms with Crippen LogP contribution in [0.2, 0.25) is 5.04 Å². The maximum atomic E-state index is 17.0. The number of pyridine rings is 1. The standard InChI is InChI=1S/C47H51BrF2N4O4Si/c1-33(56-5)43-40(28-36(30-51-43)53-23-25-54(26-24-53)45(55)57-31-34-15-9-6-10-16-34)44-41(39-27-35(48)21-22-42(39)52-44)29-47(49,50)32-58-59(46(2,3)4,37-17-11-7-12-18-37)38-19-13-8-14-20-38/h6-22,27-28,30,33,52H,23-26,29,31-32H2,1-5H3/t33-/m0/s1. The molecule has 1 aliphatic heterocycles. The highest BCUT2D eigenvalue weighted by atomic mass is 79.9. The Labute approximate surface area is 354 Å². The van der Waals surface area contributed by atoms with E-state index in [4.69, 9.17) is 18.9 Å². The van der Waals surface area contributed by atoms with E-state index in [1.807, 2.05) is 122 Å². The second kappa shape index (κ2) is 17.8. The van der Waals surface area contributed by atoms with Gasteiger partial charge in [-0.1, -0.05) is 128 Å². The molecule has 2 aromatic heterocycles. The van der Waals surface area contributed by atoms with Crippen molar-refractivity contribution in [2.45, 2.75) is 57.8 Å². The van der Waals surface area contributed by atoms with E-state index in [0.29, 0.717) is 54.1 Å². The van der Waals surface area contributed by atoms with Gasteiger partial charge in [0.15, 0.2) is 0 Å². The summed E-state index contributed by atoms with van der Waals surface area (Å²) in [6, 6.07) is 37.0. The molecule has 7 rings (SSSR count). The monoisotopic (exact) mass is 880 g/mol. The van der Waals surface area contributed by atoms with Crippen molar-refractivity contribution in [1.29, 1.82) is 0 Å². The normalized spacial score (nSPS) is 14.4. The number of nitrogens with zero attached hydrogens (tertiary/aromatic N) is 3. The van der Waals surface area contributed by atoms with Gasteiger partial charge in [-0.25, -0.2) is 13.6 Å². The zero-order chi connectivity index (χ0) is 41.8. The molecule has 6 aromatic rings. The van der Waals surface area contributed by atoms with Crippen molar-refractivity contribution in [1.82, 2.24) is 14.9 Å². The maximum absolute atomic E-state index is 17.0. The number of hydrogen-bond acceptors (Lipinski definition) is 6. The summed E-state index contributed by atoms with van der Waals surface area (Å²) in [6.45, 7) is 9.61. The van der Waals surface area contributed by atoms with Gasteiger partial charge in [0.25, 0.3) is 14.2 Å². The Morgan fingerprint density at radius 2 is 1.49 bits per heavy atom. The van der Waals surface area contributed by atoms with Crippen LogP contribution >= 0.6 is 15.9 Å². The number of aromatic amines is 1. The molecule has 12 heteroatoms. The summed E-state index contributed by atoms with van der Waals surface area (Å²) in [5, 5.41) is 2.10. The summed E-state index contributed by atoms with van der Waals surface area (Å²) >= 11 is 3.59. The second-order valence-corrected chi connectivity index (χ2v) is 21.4. The number of benzene rings is 4. The van der Waals surface area contributed by atoms with E-state index in [0.717, 1.165) is 31.6 Å². The Balaban J connectivity index is 1.20. The lowest BCUT2D eigenvalue weighted by Gasteiger charge is -2.43. The summed E-state index contributed by atoms with van der Waals surface area (Å²) < 4.78 is 52.9. The van der Waals surface area contributed by atoms with E-state index in [9.17, 15) is 4.79 Å². The third kappa shape index (κ3) is 9.16. The molecule has 0 unspecified atom stereocenters. The highest BCUT2D eigenvalue weighted by molar-refractivity contribution is 9.10. The summed E-state index contributed by atoms with van der Waals surface area (Å²) in [4.78, 5) is 25.2. The molecule has 3 heterocycles. The topological polar surface area (TPSA) is 79.9 Å². The molecule has 1 fully saturated rings. The molecule has 1 atom stereocenters. The summed E-state index contributed by atoms with van der Waals surface area (Å²) in [5.41, 5.74) is 4.79. The van der Waals surface area contributed by atoms with Gasteiger partial charge < -0.3 is 28.7 Å². The molecule has 0 radical (unpaired) electrons.